The molecule has 5 nitrogen and oxygen atoms in total. The van der Waals surface area contributed by atoms with Crippen molar-refractivity contribution in [3.05, 3.63) is 63.9 Å². The number of hydrogen-bond acceptors (Lipinski definition) is 4. The molecule has 1 amide bonds. The zero-order chi connectivity index (χ0) is 18.7. The lowest BCUT2D eigenvalue weighted by atomic mass is 10.2. The van der Waals surface area contributed by atoms with Gasteiger partial charge in [-0.2, -0.15) is 0 Å². The van der Waals surface area contributed by atoms with Gasteiger partial charge in [0, 0.05) is 15.8 Å². The number of carbonyl (C=O) groups excluding carboxylic acids is 1. The molecule has 0 atom stereocenters. The van der Waals surface area contributed by atoms with Crippen LogP contribution in [0.3, 0.4) is 0 Å². The molecule has 0 bridgehead atoms. The minimum Gasteiger partial charge on any atom is -0.325 e. The number of aryl methyl sites for hydroxylation is 3. The zero-order valence-electron chi connectivity index (χ0n) is 14.8. The average Bonchev–Trinajstić information content (AvgIpc) is 2.98. The van der Waals surface area contributed by atoms with Crippen LogP contribution in [0.15, 0.2) is 52.1 Å². The van der Waals surface area contributed by atoms with Gasteiger partial charge in [-0.05, 0) is 56.7 Å². The molecule has 7 heteroatoms. The molecule has 1 N–H and O–H groups in total. The highest BCUT2D eigenvalue weighted by Gasteiger charge is 2.13. The molecule has 0 saturated heterocycles. The third kappa shape index (κ3) is 4.34. The molecule has 0 fully saturated rings. The lowest BCUT2D eigenvalue weighted by Gasteiger charge is -2.09. The Hall–Kier alpha value is -2.12. The van der Waals surface area contributed by atoms with Gasteiger partial charge in [-0.3, -0.25) is 9.36 Å². The minimum atomic E-state index is -0.0761. The summed E-state index contributed by atoms with van der Waals surface area (Å²) in [6, 6.07) is 13.9. The van der Waals surface area contributed by atoms with Crippen molar-refractivity contribution in [2.45, 2.75) is 25.9 Å². The van der Waals surface area contributed by atoms with Gasteiger partial charge in [0.1, 0.15) is 5.82 Å². The molecule has 0 spiro atoms. The van der Waals surface area contributed by atoms with Gasteiger partial charge in [0.05, 0.1) is 5.75 Å². The van der Waals surface area contributed by atoms with Gasteiger partial charge in [0.15, 0.2) is 5.16 Å². The highest BCUT2D eigenvalue weighted by molar-refractivity contribution is 9.10. The Morgan fingerprint density at radius 1 is 1.12 bits per heavy atom. The summed E-state index contributed by atoms with van der Waals surface area (Å²) >= 11 is 4.83. The van der Waals surface area contributed by atoms with E-state index < -0.39 is 0 Å². The molecule has 1 heterocycles. The molecule has 0 saturated carbocycles. The number of halogens is 1. The molecule has 0 aliphatic carbocycles. The van der Waals surface area contributed by atoms with Gasteiger partial charge in [0.2, 0.25) is 5.91 Å². The second kappa shape index (κ2) is 8.05. The number of thioether (sulfide) groups is 1. The number of nitrogens with one attached hydrogen (secondary N) is 1. The molecule has 0 unspecified atom stereocenters. The first-order chi connectivity index (χ1) is 12.4. The van der Waals surface area contributed by atoms with E-state index in [0.29, 0.717) is 5.16 Å². The van der Waals surface area contributed by atoms with E-state index in [1.54, 1.807) is 0 Å². The van der Waals surface area contributed by atoms with E-state index in [-0.39, 0.29) is 11.7 Å². The predicted molar refractivity (Wildman–Crippen MR) is 109 cm³/mol. The van der Waals surface area contributed by atoms with Gasteiger partial charge in [0.25, 0.3) is 0 Å². The van der Waals surface area contributed by atoms with E-state index >= 15 is 0 Å². The van der Waals surface area contributed by atoms with Crippen LogP contribution >= 0.6 is 27.7 Å². The minimum absolute atomic E-state index is 0.0761. The Kier molecular flexibility index (Phi) is 5.78. The van der Waals surface area contributed by atoms with Crippen LogP contribution in [-0.4, -0.2) is 26.4 Å². The van der Waals surface area contributed by atoms with Crippen LogP contribution in [0, 0.1) is 20.8 Å². The molecule has 1 aromatic heterocycles. The summed E-state index contributed by atoms with van der Waals surface area (Å²) in [5, 5.41) is 12.0. The number of benzene rings is 2. The first kappa shape index (κ1) is 18.7. The fraction of sp³-hybridized carbons (Fsp3) is 0.211. The highest BCUT2D eigenvalue weighted by atomic mass is 79.9. The number of aromatic nitrogens is 3. The standard InChI is InChI=1S/C19H19BrN4OS/c1-12-4-7-16(8-5-12)24-14(3)22-23-19(24)26-11-18(25)21-15-6-9-17(20)13(2)10-15/h4-10H,11H2,1-3H3,(H,21,25). The van der Waals surface area contributed by atoms with E-state index in [9.17, 15) is 4.79 Å². The molecule has 0 aliphatic rings. The Morgan fingerprint density at radius 2 is 1.85 bits per heavy atom. The van der Waals surface area contributed by atoms with Crippen LogP contribution in [0.1, 0.15) is 17.0 Å². The summed E-state index contributed by atoms with van der Waals surface area (Å²) in [5.74, 6) is 0.979. The van der Waals surface area contributed by atoms with Crippen molar-refractivity contribution in [3.8, 4) is 5.69 Å². The molecule has 26 heavy (non-hydrogen) atoms. The Bertz CT molecular complexity index is 937. The zero-order valence-corrected chi connectivity index (χ0v) is 17.2. The van der Waals surface area contributed by atoms with Crippen molar-refractivity contribution in [1.82, 2.24) is 14.8 Å². The number of amides is 1. The van der Waals surface area contributed by atoms with Crippen LogP contribution < -0.4 is 5.32 Å². The Labute approximate surface area is 165 Å². The highest BCUT2D eigenvalue weighted by Crippen LogP contribution is 2.23. The van der Waals surface area contributed by atoms with Crippen molar-refractivity contribution in [1.29, 1.82) is 0 Å². The third-order valence-electron chi connectivity index (χ3n) is 3.86. The van der Waals surface area contributed by atoms with Crippen LogP contribution in [0.5, 0.6) is 0 Å². The molecular weight excluding hydrogens is 412 g/mol. The van der Waals surface area contributed by atoms with E-state index in [2.05, 4.69) is 31.4 Å². The largest absolute Gasteiger partial charge is 0.325 e. The second-order valence-electron chi connectivity index (χ2n) is 6.00. The molecule has 3 rings (SSSR count). The maximum absolute atomic E-state index is 12.3. The van der Waals surface area contributed by atoms with Gasteiger partial charge in [-0.1, -0.05) is 45.4 Å². The predicted octanol–water partition coefficient (Wildman–Crippen LogP) is 4.69. The van der Waals surface area contributed by atoms with Gasteiger partial charge in [-0.15, -0.1) is 10.2 Å². The summed E-state index contributed by atoms with van der Waals surface area (Å²) in [7, 11) is 0. The SMILES string of the molecule is Cc1ccc(-n2c(C)nnc2SCC(=O)Nc2ccc(Br)c(C)c2)cc1. The molecule has 2 aromatic carbocycles. The molecular formula is C19H19BrN4OS. The Morgan fingerprint density at radius 3 is 2.54 bits per heavy atom. The second-order valence-corrected chi connectivity index (χ2v) is 7.80. The lowest BCUT2D eigenvalue weighted by Crippen LogP contribution is -2.14. The molecule has 0 radical (unpaired) electrons. The number of hydrogen-bond donors (Lipinski definition) is 1. The van der Waals surface area contributed by atoms with E-state index in [1.807, 2.05) is 67.8 Å². The van der Waals surface area contributed by atoms with Crippen LogP contribution in [-0.2, 0) is 4.79 Å². The quantitative estimate of drug-likeness (QED) is 0.596. The average molecular weight is 431 g/mol. The number of nitrogens with zero attached hydrogens (tertiary/aromatic N) is 3. The fourth-order valence-corrected chi connectivity index (χ4v) is 3.52. The Balaban J connectivity index is 1.69. The smallest absolute Gasteiger partial charge is 0.234 e. The summed E-state index contributed by atoms with van der Waals surface area (Å²) in [5.41, 5.74) is 4.04. The summed E-state index contributed by atoms with van der Waals surface area (Å²) in [6.45, 7) is 5.94. The van der Waals surface area contributed by atoms with E-state index in [4.69, 9.17) is 0 Å². The van der Waals surface area contributed by atoms with Crippen molar-refractivity contribution >= 4 is 39.3 Å². The fourth-order valence-electron chi connectivity index (χ4n) is 2.48. The van der Waals surface area contributed by atoms with Crippen molar-refractivity contribution in [3.63, 3.8) is 0 Å². The van der Waals surface area contributed by atoms with Crippen LogP contribution in [0.4, 0.5) is 5.69 Å². The van der Waals surface area contributed by atoms with Crippen molar-refractivity contribution < 1.29 is 4.79 Å². The van der Waals surface area contributed by atoms with Gasteiger partial charge in [-0.25, -0.2) is 0 Å². The maximum Gasteiger partial charge on any atom is 0.234 e. The third-order valence-corrected chi connectivity index (χ3v) is 5.68. The van der Waals surface area contributed by atoms with E-state index in [0.717, 1.165) is 27.2 Å². The monoisotopic (exact) mass is 430 g/mol. The summed E-state index contributed by atoms with van der Waals surface area (Å²) in [4.78, 5) is 12.3. The maximum atomic E-state index is 12.3. The summed E-state index contributed by atoms with van der Waals surface area (Å²) in [6.07, 6.45) is 0. The lowest BCUT2D eigenvalue weighted by molar-refractivity contribution is -0.113. The molecule has 0 aliphatic heterocycles. The summed E-state index contributed by atoms with van der Waals surface area (Å²) < 4.78 is 2.98. The first-order valence-corrected chi connectivity index (χ1v) is 9.90. The van der Waals surface area contributed by atoms with Gasteiger partial charge < -0.3 is 5.32 Å². The van der Waals surface area contributed by atoms with Crippen LogP contribution in [0.25, 0.3) is 5.69 Å². The van der Waals surface area contributed by atoms with E-state index in [1.165, 1.54) is 17.3 Å². The first-order valence-electron chi connectivity index (χ1n) is 8.12. The van der Waals surface area contributed by atoms with Gasteiger partial charge >= 0.3 is 0 Å². The van der Waals surface area contributed by atoms with Crippen LogP contribution in [0.2, 0.25) is 0 Å². The normalized spacial score (nSPS) is 10.8. The van der Waals surface area contributed by atoms with Crippen molar-refractivity contribution in [2.24, 2.45) is 0 Å². The topological polar surface area (TPSA) is 59.8 Å². The number of carbonyl (C=O) groups is 1. The number of rotatable bonds is 5. The van der Waals surface area contributed by atoms with Crippen molar-refractivity contribution in [2.75, 3.05) is 11.1 Å². The molecule has 134 valence electrons. The number of anilines is 1. The molecule has 3 aromatic rings.